The molecule has 0 heterocycles. The van der Waals surface area contributed by atoms with E-state index in [1.54, 1.807) is 7.11 Å². The van der Waals surface area contributed by atoms with Crippen molar-refractivity contribution in [3.8, 4) is 11.5 Å². The largest absolute Gasteiger partial charge is 0.493 e. The van der Waals surface area contributed by atoms with Crippen molar-refractivity contribution in [3.63, 3.8) is 0 Å². The maximum Gasteiger partial charge on any atom is 0.179 e. The molecule has 3 nitrogen and oxygen atoms in total. The lowest BCUT2D eigenvalue weighted by Gasteiger charge is -2.15. The van der Waals surface area contributed by atoms with Crippen molar-refractivity contribution in [3.05, 3.63) is 52.5 Å². The van der Waals surface area contributed by atoms with E-state index in [9.17, 15) is 0 Å². The normalized spacial score (nSPS) is 10.4. The molecular weight excluding hydrogens is 298 g/mol. The molecule has 0 amide bonds. The second kappa shape index (κ2) is 7.95. The lowest BCUT2D eigenvalue weighted by Crippen LogP contribution is -2.03. The Morgan fingerprint density at radius 2 is 1.91 bits per heavy atom. The van der Waals surface area contributed by atoms with E-state index < -0.39 is 0 Å². The van der Waals surface area contributed by atoms with Crippen LogP contribution in [0.15, 0.2) is 36.4 Å². The zero-order chi connectivity index (χ0) is 15.9. The number of nitrogens with one attached hydrogen (secondary N) is 1. The van der Waals surface area contributed by atoms with Gasteiger partial charge in [0.2, 0.25) is 0 Å². The fourth-order valence-corrected chi connectivity index (χ4v) is 2.65. The molecule has 1 N–H and O–H groups in total. The van der Waals surface area contributed by atoms with E-state index >= 15 is 0 Å². The number of aryl methyl sites for hydroxylation is 1. The summed E-state index contributed by atoms with van der Waals surface area (Å²) in [4.78, 5) is 0. The summed E-state index contributed by atoms with van der Waals surface area (Å²) in [7, 11) is 1.62. The number of methoxy groups -OCH3 is 1. The minimum absolute atomic E-state index is 0.553. The van der Waals surface area contributed by atoms with Crippen molar-refractivity contribution in [2.24, 2.45) is 0 Å². The molecule has 22 heavy (non-hydrogen) atoms. The molecule has 0 spiro atoms. The van der Waals surface area contributed by atoms with Gasteiger partial charge in [-0.3, -0.25) is 0 Å². The van der Waals surface area contributed by atoms with Gasteiger partial charge < -0.3 is 14.8 Å². The Kier molecular flexibility index (Phi) is 5.96. The van der Waals surface area contributed by atoms with Crippen LogP contribution >= 0.6 is 11.6 Å². The van der Waals surface area contributed by atoms with E-state index in [1.165, 1.54) is 5.56 Å². The summed E-state index contributed by atoms with van der Waals surface area (Å²) in [6, 6.07) is 12.2. The molecule has 0 radical (unpaired) electrons. The maximum absolute atomic E-state index is 6.30. The van der Waals surface area contributed by atoms with Crippen LogP contribution in [-0.4, -0.2) is 13.7 Å². The molecule has 2 aromatic carbocycles. The molecule has 0 saturated heterocycles. The molecule has 118 valence electrons. The van der Waals surface area contributed by atoms with Gasteiger partial charge in [-0.2, -0.15) is 0 Å². The van der Waals surface area contributed by atoms with Gasteiger partial charge in [0.25, 0.3) is 0 Å². The van der Waals surface area contributed by atoms with E-state index in [2.05, 4.69) is 30.4 Å². The van der Waals surface area contributed by atoms with Gasteiger partial charge in [-0.1, -0.05) is 36.7 Å². The molecule has 0 aliphatic carbocycles. The second-order valence-electron chi connectivity index (χ2n) is 4.91. The Bertz CT molecular complexity index is 628. The van der Waals surface area contributed by atoms with Crippen LogP contribution in [0, 0.1) is 0 Å². The highest BCUT2D eigenvalue weighted by atomic mass is 35.5. The second-order valence-corrected chi connectivity index (χ2v) is 5.31. The summed E-state index contributed by atoms with van der Waals surface area (Å²) in [6.07, 6.45) is 0.997. The minimum atomic E-state index is 0.553. The Morgan fingerprint density at radius 3 is 2.59 bits per heavy atom. The van der Waals surface area contributed by atoms with E-state index in [0.29, 0.717) is 29.7 Å². The molecule has 4 heteroatoms. The highest BCUT2D eigenvalue weighted by Gasteiger charge is 2.11. The van der Waals surface area contributed by atoms with Gasteiger partial charge in [0.1, 0.15) is 0 Å². The van der Waals surface area contributed by atoms with Crippen LogP contribution in [0.5, 0.6) is 11.5 Å². The Labute approximate surface area is 137 Å². The van der Waals surface area contributed by atoms with Gasteiger partial charge in [0.05, 0.1) is 18.7 Å². The summed E-state index contributed by atoms with van der Waals surface area (Å²) in [5.74, 6) is 1.26. The van der Waals surface area contributed by atoms with Gasteiger partial charge >= 0.3 is 0 Å². The van der Waals surface area contributed by atoms with Crippen LogP contribution in [0.3, 0.4) is 0 Å². The van der Waals surface area contributed by atoms with Crippen molar-refractivity contribution in [1.82, 2.24) is 0 Å². The zero-order valence-corrected chi connectivity index (χ0v) is 14.0. The monoisotopic (exact) mass is 319 g/mol. The highest BCUT2D eigenvalue weighted by Crippen LogP contribution is 2.36. The molecule has 0 bridgehead atoms. The lowest BCUT2D eigenvalue weighted by molar-refractivity contribution is 0.311. The maximum atomic E-state index is 6.30. The molecule has 0 saturated carbocycles. The molecule has 0 aliphatic rings. The van der Waals surface area contributed by atoms with Crippen LogP contribution in [0.25, 0.3) is 0 Å². The number of rotatable bonds is 7. The number of halogens is 1. The van der Waals surface area contributed by atoms with Crippen molar-refractivity contribution in [2.45, 2.75) is 26.8 Å². The summed E-state index contributed by atoms with van der Waals surface area (Å²) < 4.78 is 10.9. The summed E-state index contributed by atoms with van der Waals surface area (Å²) in [5, 5.41) is 4.03. The fourth-order valence-electron chi connectivity index (χ4n) is 2.36. The van der Waals surface area contributed by atoms with Gasteiger partial charge in [-0.15, -0.1) is 0 Å². The minimum Gasteiger partial charge on any atom is -0.493 e. The number of para-hydroxylation sites is 1. The molecule has 0 unspecified atom stereocenters. The van der Waals surface area contributed by atoms with Crippen molar-refractivity contribution in [2.75, 3.05) is 19.0 Å². The first kappa shape index (κ1) is 16.5. The predicted molar refractivity (Wildman–Crippen MR) is 92.3 cm³/mol. The predicted octanol–water partition coefficient (Wildman–Crippen LogP) is 4.92. The highest BCUT2D eigenvalue weighted by molar-refractivity contribution is 6.32. The molecule has 2 aromatic rings. The van der Waals surface area contributed by atoms with E-state index in [1.807, 2.05) is 25.1 Å². The van der Waals surface area contributed by atoms with E-state index in [-0.39, 0.29) is 0 Å². The average Bonchev–Trinajstić information content (AvgIpc) is 2.55. The standard InChI is InChI=1S/C18H22ClNO2/c1-4-14-8-6-7-9-16(14)20-12-13-10-15(19)18(22-5-2)17(11-13)21-3/h6-11,20H,4-5,12H2,1-3H3. The third kappa shape index (κ3) is 3.86. The topological polar surface area (TPSA) is 30.5 Å². The van der Waals surface area contributed by atoms with Gasteiger partial charge in [-0.05, 0) is 42.7 Å². The number of hydrogen-bond acceptors (Lipinski definition) is 3. The Balaban J connectivity index is 2.18. The van der Waals surface area contributed by atoms with E-state index in [4.69, 9.17) is 21.1 Å². The summed E-state index contributed by atoms with van der Waals surface area (Å²) >= 11 is 6.30. The fraction of sp³-hybridized carbons (Fsp3) is 0.333. The van der Waals surface area contributed by atoms with Gasteiger partial charge in [-0.25, -0.2) is 0 Å². The molecule has 0 atom stereocenters. The first-order valence-electron chi connectivity index (χ1n) is 7.50. The first-order valence-corrected chi connectivity index (χ1v) is 7.88. The lowest BCUT2D eigenvalue weighted by atomic mass is 10.1. The van der Waals surface area contributed by atoms with Gasteiger partial charge in [0.15, 0.2) is 11.5 Å². The molecular formula is C18H22ClNO2. The molecule has 0 fully saturated rings. The average molecular weight is 320 g/mol. The van der Waals surface area contributed by atoms with Gasteiger partial charge in [0, 0.05) is 12.2 Å². The number of ether oxygens (including phenoxy) is 2. The third-order valence-corrected chi connectivity index (χ3v) is 3.74. The summed E-state index contributed by atoms with van der Waals surface area (Å²) in [5.41, 5.74) is 3.50. The number of hydrogen-bond donors (Lipinski definition) is 1. The Morgan fingerprint density at radius 1 is 1.14 bits per heavy atom. The van der Waals surface area contributed by atoms with Crippen LogP contribution in [0.1, 0.15) is 25.0 Å². The smallest absolute Gasteiger partial charge is 0.179 e. The van der Waals surface area contributed by atoms with Crippen molar-refractivity contribution < 1.29 is 9.47 Å². The zero-order valence-electron chi connectivity index (χ0n) is 13.3. The van der Waals surface area contributed by atoms with E-state index in [0.717, 1.165) is 17.7 Å². The van der Waals surface area contributed by atoms with Crippen LogP contribution in [-0.2, 0) is 13.0 Å². The summed E-state index contributed by atoms with van der Waals surface area (Å²) in [6.45, 7) is 5.31. The Hall–Kier alpha value is -1.87. The third-order valence-electron chi connectivity index (χ3n) is 3.46. The quantitative estimate of drug-likeness (QED) is 0.785. The molecule has 0 aromatic heterocycles. The van der Waals surface area contributed by atoms with Crippen LogP contribution < -0.4 is 14.8 Å². The number of anilines is 1. The van der Waals surface area contributed by atoms with Crippen LogP contribution in [0.4, 0.5) is 5.69 Å². The molecule has 2 rings (SSSR count). The first-order chi connectivity index (χ1) is 10.7. The SMILES string of the molecule is CCOc1c(Cl)cc(CNc2ccccc2CC)cc1OC. The van der Waals surface area contributed by atoms with Crippen molar-refractivity contribution in [1.29, 1.82) is 0 Å². The molecule has 0 aliphatic heterocycles. The van der Waals surface area contributed by atoms with Crippen molar-refractivity contribution >= 4 is 17.3 Å². The number of benzene rings is 2. The van der Waals surface area contributed by atoms with Crippen LogP contribution in [0.2, 0.25) is 5.02 Å².